The van der Waals surface area contributed by atoms with Gasteiger partial charge < -0.3 is 10.6 Å². The van der Waals surface area contributed by atoms with Crippen molar-refractivity contribution in [1.29, 1.82) is 0 Å². The highest BCUT2D eigenvalue weighted by atomic mass is 15.2. The summed E-state index contributed by atoms with van der Waals surface area (Å²) in [4.78, 5) is 9.57. The lowest BCUT2D eigenvalue weighted by Gasteiger charge is -2.23. The van der Waals surface area contributed by atoms with Crippen LogP contribution >= 0.6 is 0 Å². The first-order chi connectivity index (χ1) is 13.8. The van der Waals surface area contributed by atoms with Crippen LogP contribution in [0.25, 0.3) is 11.3 Å². The van der Waals surface area contributed by atoms with Crippen LogP contribution in [0.15, 0.2) is 60.7 Å². The number of nitrogens with zero attached hydrogens (tertiary/aromatic N) is 2. The summed E-state index contributed by atoms with van der Waals surface area (Å²) >= 11 is 0. The number of rotatable bonds is 6. The molecule has 144 valence electrons. The van der Waals surface area contributed by atoms with E-state index < -0.39 is 0 Å². The van der Waals surface area contributed by atoms with E-state index in [1.807, 2.05) is 24.3 Å². The maximum absolute atomic E-state index is 4.81. The van der Waals surface area contributed by atoms with Gasteiger partial charge in [-0.1, -0.05) is 73.9 Å². The molecule has 0 aliphatic heterocycles. The molecule has 0 atom stereocenters. The summed E-state index contributed by atoms with van der Waals surface area (Å²) < 4.78 is 0. The van der Waals surface area contributed by atoms with E-state index in [4.69, 9.17) is 9.97 Å². The Kier molecular flexibility index (Phi) is 5.86. The summed E-state index contributed by atoms with van der Waals surface area (Å²) in [5.41, 5.74) is 4.62. The molecule has 1 fully saturated rings. The summed E-state index contributed by atoms with van der Waals surface area (Å²) in [7, 11) is 0. The Bertz CT molecular complexity index is 901. The molecule has 1 aliphatic carbocycles. The molecule has 0 saturated heterocycles. The molecular weight excluding hydrogens is 344 g/mol. The van der Waals surface area contributed by atoms with Gasteiger partial charge in [-0.3, -0.25) is 0 Å². The van der Waals surface area contributed by atoms with Crippen molar-refractivity contribution < 1.29 is 0 Å². The Morgan fingerprint density at radius 2 is 1.64 bits per heavy atom. The first-order valence-electron chi connectivity index (χ1n) is 10.3. The Labute approximate surface area is 167 Å². The van der Waals surface area contributed by atoms with E-state index in [0.717, 1.165) is 29.6 Å². The average Bonchev–Trinajstić information content (AvgIpc) is 2.74. The number of benzene rings is 2. The number of anilines is 2. The van der Waals surface area contributed by atoms with E-state index in [9.17, 15) is 0 Å². The molecule has 1 saturated carbocycles. The average molecular weight is 373 g/mol. The SMILES string of the molecule is Cc1ccccc1CNc1cc(-c2ccccc2)nc(NC2CCCCC2)n1. The van der Waals surface area contributed by atoms with Crippen LogP contribution in [0.4, 0.5) is 11.8 Å². The Hall–Kier alpha value is -2.88. The zero-order chi connectivity index (χ0) is 19.2. The van der Waals surface area contributed by atoms with Crippen molar-refractivity contribution in [3.05, 3.63) is 71.8 Å². The largest absolute Gasteiger partial charge is 0.366 e. The van der Waals surface area contributed by atoms with E-state index in [-0.39, 0.29) is 0 Å². The molecule has 0 bridgehead atoms. The predicted octanol–water partition coefficient (Wildman–Crippen LogP) is 5.81. The van der Waals surface area contributed by atoms with Gasteiger partial charge in [0.05, 0.1) is 5.69 Å². The fourth-order valence-electron chi connectivity index (χ4n) is 3.78. The fraction of sp³-hybridized carbons (Fsp3) is 0.333. The Morgan fingerprint density at radius 1 is 0.893 bits per heavy atom. The highest BCUT2D eigenvalue weighted by Gasteiger charge is 2.15. The lowest BCUT2D eigenvalue weighted by molar-refractivity contribution is 0.461. The molecule has 0 amide bonds. The minimum Gasteiger partial charge on any atom is -0.366 e. The van der Waals surface area contributed by atoms with Gasteiger partial charge >= 0.3 is 0 Å². The molecule has 1 aliphatic rings. The van der Waals surface area contributed by atoms with Crippen LogP contribution in [0, 0.1) is 6.92 Å². The van der Waals surface area contributed by atoms with E-state index in [0.29, 0.717) is 6.04 Å². The van der Waals surface area contributed by atoms with Crippen molar-refractivity contribution in [2.45, 2.75) is 51.6 Å². The van der Waals surface area contributed by atoms with E-state index in [2.05, 4.69) is 54.0 Å². The third-order valence-electron chi connectivity index (χ3n) is 5.46. The van der Waals surface area contributed by atoms with E-state index in [1.54, 1.807) is 0 Å². The zero-order valence-corrected chi connectivity index (χ0v) is 16.5. The summed E-state index contributed by atoms with van der Waals surface area (Å²) in [6.07, 6.45) is 6.31. The predicted molar refractivity (Wildman–Crippen MR) is 116 cm³/mol. The molecular formula is C24H28N4. The molecule has 1 aromatic heterocycles. The highest BCUT2D eigenvalue weighted by molar-refractivity contribution is 5.64. The van der Waals surface area contributed by atoms with Crippen molar-refractivity contribution in [1.82, 2.24) is 9.97 Å². The van der Waals surface area contributed by atoms with Gasteiger partial charge in [0.1, 0.15) is 5.82 Å². The third kappa shape index (κ3) is 4.69. The van der Waals surface area contributed by atoms with Gasteiger partial charge in [-0.15, -0.1) is 0 Å². The van der Waals surface area contributed by atoms with Crippen molar-refractivity contribution in [3.8, 4) is 11.3 Å². The molecule has 0 spiro atoms. The van der Waals surface area contributed by atoms with Crippen molar-refractivity contribution >= 4 is 11.8 Å². The number of aromatic nitrogens is 2. The maximum atomic E-state index is 4.81. The molecule has 3 aromatic rings. The monoisotopic (exact) mass is 372 g/mol. The quantitative estimate of drug-likeness (QED) is 0.573. The number of hydrogen-bond acceptors (Lipinski definition) is 4. The van der Waals surface area contributed by atoms with Crippen molar-refractivity contribution in [3.63, 3.8) is 0 Å². The topological polar surface area (TPSA) is 49.8 Å². The number of hydrogen-bond donors (Lipinski definition) is 2. The van der Waals surface area contributed by atoms with Gasteiger partial charge in [0.15, 0.2) is 0 Å². The van der Waals surface area contributed by atoms with Gasteiger partial charge in [0.25, 0.3) is 0 Å². The summed E-state index contributed by atoms with van der Waals surface area (Å²) in [5.74, 6) is 1.58. The lowest BCUT2D eigenvalue weighted by atomic mass is 9.96. The Balaban J connectivity index is 1.58. The number of aryl methyl sites for hydroxylation is 1. The molecule has 0 radical (unpaired) electrons. The second-order valence-corrected chi connectivity index (χ2v) is 7.59. The van der Waals surface area contributed by atoms with Gasteiger partial charge in [-0.05, 0) is 30.9 Å². The zero-order valence-electron chi connectivity index (χ0n) is 16.5. The number of nitrogens with one attached hydrogen (secondary N) is 2. The van der Waals surface area contributed by atoms with Crippen LogP contribution in [-0.2, 0) is 6.54 Å². The summed E-state index contributed by atoms with van der Waals surface area (Å²) in [5, 5.41) is 7.08. The highest BCUT2D eigenvalue weighted by Crippen LogP contribution is 2.25. The van der Waals surface area contributed by atoms with Gasteiger partial charge in [-0.2, -0.15) is 4.98 Å². The minimum absolute atomic E-state index is 0.476. The molecule has 4 rings (SSSR count). The molecule has 4 heteroatoms. The van der Waals surface area contributed by atoms with Crippen LogP contribution in [0.1, 0.15) is 43.2 Å². The van der Waals surface area contributed by atoms with Crippen LogP contribution in [0.5, 0.6) is 0 Å². The van der Waals surface area contributed by atoms with E-state index in [1.165, 1.54) is 43.2 Å². The smallest absolute Gasteiger partial charge is 0.225 e. The molecule has 0 unspecified atom stereocenters. The molecule has 2 aromatic carbocycles. The third-order valence-corrected chi connectivity index (χ3v) is 5.46. The molecule has 1 heterocycles. The first kappa shape index (κ1) is 18.5. The second kappa shape index (κ2) is 8.87. The van der Waals surface area contributed by atoms with Crippen molar-refractivity contribution in [2.24, 2.45) is 0 Å². The van der Waals surface area contributed by atoms with Crippen LogP contribution < -0.4 is 10.6 Å². The normalized spacial score (nSPS) is 14.6. The van der Waals surface area contributed by atoms with Gasteiger partial charge in [-0.25, -0.2) is 4.98 Å². The van der Waals surface area contributed by atoms with Gasteiger partial charge in [0, 0.05) is 24.2 Å². The van der Waals surface area contributed by atoms with Crippen LogP contribution in [0.3, 0.4) is 0 Å². The lowest BCUT2D eigenvalue weighted by Crippen LogP contribution is -2.23. The maximum Gasteiger partial charge on any atom is 0.225 e. The first-order valence-corrected chi connectivity index (χ1v) is 10.3. The molecule has 28 heavy (non-hydrogen) atoms. The summed E-state index contributed by atoms with van der Waals surface area (Å²) in [6.45, 7) is 2.89. The summed E-state index contributed by atoms with van der Waals surface area (Å²) in [6, 6.07) is 21.3. The second-order valence-electron chi connectivity index (χ2n) is 7.59. The van der Waals surface area contributed by atoms with Gasteiger partial charge in [0.2, 0.25) is 5.95 Å². The van der Waals surface area contributed by atoms with Crippen molar-refractivity contribution in [2.75, 3.05) is 10.6 Å². The minimum atomic E-state index is 0.476. The fourth-order valence-corrected chi connectivity index (χ4v) is 3.78. The molecule has 4 nitrogen and oxygen atoms in total. The van der Waals surface area contributed by atoms with Crippen LogP contribution in [0.2, 0.25) is 0 Å². The standard InChI is InChI=1S/C24H28N4/c1-18-10-8-9-13-20(18)17-25-23-16-22(19-11-4-2-5-12-19)27-24(28-23)26-21-14-6-3-7-15-21/h2,4-5,8-13,16,21H,3,6-7,14-15,17H2,1H3,(H2,25,26,27,28). The Morgan fingerprint density at radius 3 is 2.43 bits per heavy atom. The van der Waals surface area contributed by atoms with Crippen LogP contribution in [-0.4, -0.2) is 16.0 Å². The molecule has 2 N–H and O–H groups in total. The van der Waals surface area contributed by atoms with E-state index >= 15 is 0 Å².